The molecule has 1 amide bonds. The van der Waals surface area contributed by atoms with E-state index in [9.17, 15) is 4.79 Å². The van der Waals surface area contributed by atoms with Gasteiger partial charge in [-0.25, -0.2) is 0 Å². The lowest BCUT2D eigenvalue weighted by Crippen LogP contribution is -2.45. The third-order valence-corrected chi connectivity index (χ3v) is 2.36. The summed E-state index contributed by atoms with van der Waals surface area (Å²) in [5.41, 5.74) is 0. The van der Waals surface area contributed by atoms with Gasteiger partial charge in [0.05, 0.1) is 12.6 Å². The molecule has 0 saturated heterocycles. The van der Waals surface area contributed by atoms with Crippen molar-refractivity contribution in [2.24, 2.45) is 5.92 Å². The van der Waals surface area contributed by atoms with E-state index in [4.69, 9.17) is 4.74 Å². The Kier molecular flexibility index (Phi) is 9.09. The highest BCUT2D eigenvalue weighted by Gasteiger charge is 2.11. The van der Waals surface area contributed by atoms with Gasteiger partial charge in [0.25, 0.3) is 0 Å². The van der Waals surface area contributed by atoms with Crippen LogP contribution in [0.2, 0.25) is 0 Å². The molecule has 4 heteroatoms. The second-order valence-corrected chi connectivity index (χ2v) is 5.13. The third kappa shape index (κ3) is 10.3. The highest BCUT2D eigenvalue weighted by Crippen LogP contribution is 1.98. The Morgan fingerprint density at radius 3 is 2.29 bits per heavy atom. The second-order valence-electron chi connectivity index (χ2n) is 5.13. The molecule has 0 aromatic carbocycles. The molecule has 0 aliphatic heterocycles. The Morgan fingerprint density at radius 1 is 1.12 bits per heavy atom. The normalized spacial score (nSPS) is 13.1. The quantitative estimate of drug-likeness (QED) is 0.605. The topological polar surface area (TPSA) is 50.4 Å². The van der Waals surface area contributed by atoms with E-state index < -0.39 is 0 Å². The second kappa shape index (κ2) is 9.42. The van der Waals surface area contributed by atoms with Gasteiger partial charge in [0.2, 0.25) is 5.91 Å². The molecule has 0 fully saturated rings. The highest BCUT2D eigenvalue weighted by molar-refractivity contribution is 5.81. The maximum Gasteiger partial charge on any atom is 0.237 e. The van der Waals surface area contributed by atoms with Gasteiger partial charge < -0.3 is 15.4 Å². The monoisotopic (exact) mass is 244 g/mol. The number of carbonyl (C=O) groups excluding carboxylic acids is 1. The van der Waals surface area contributed by atoms with Crippen LogP contribution in [0.5, 0.6) is 0 Å². The Labute approximate surface area is 105 Å². The van der Waals surface area contributed by atoms with E-state index in [-0.39, 0.29) is 18.0 Å². The summed E-state index contributed by atoms with van der Waals surface area (Å²) in [4.78, 5) is 11.5. The zero-order chi connectivity index (χ0) is 13.3. The van der Waals surface area contributed by atoms with E-state index in [1.165, 1.54) is 0 Å². The van der Waals surface area contributed by atoms with Gasteiger partial charge in [-0.1, -0.05) is 13.8 Å². The molecule has 102 valence electrons. The fourth-order valence-electron chi connectivity index (χ4n) is 1.27. The number of nitrogens with one attached hydrogen (secondary N) is 2. The Bertz CT molecular complexity index is 206. The van der Waals surface area contributed by atoms with Crippen LogP contribution in [-0.4, -0.2) is 37.7 Å². The van der Waals surface area contributed by atoms with Crippen LogP contribution in [0.15, 0.2) is 0 Å². The van der Waals surface area contributed by atoms with Crippen LogP contribution in [-0.2, 0) is 9.53 Å². The van der Waals surface area contributed by atoms with Crippen molar-refractivity contribution in [3.63, 3.8) is 0 Å². The zero-order valence-corrected chi connectivity index (χ0v) is 11.9. The van der Waals surface area contributed by atoms with Gasteiger partial charge in [-0.2, -0.15) is 0 Å². The molecular formula is C13H28N2O2. The molecule has 0 aromatic heterocycles. The summed E-state index contributed by atoms with van der Waals surface area (Å²) in [5, 5.41) is 6.01. The highest BCUT2D eigenvalue weighted by atomic mass is 16.5. The Hall–Kier alpha value is -0.610. The van der Waals surface area contributed by atoms with Crippen molar-refractivity contribution in [3.05, 3.63) is 0 Å². The van der Waals surface area contributed by atoms with Gasteiger partial charge in [0.15, 0.2) is 0 Å². The summed E-state index contributed by atoms with van der Waals surface area (Å²) >= 11 is 0. The van der Waals surface area contributed by atoms with Gasteiger partial charge in [-0.05, 0) is 33.1 Å². The van der Waals surface area contributed by atoms with Crippen molar-refractivity contribution in [2.75, 3.05) is 19.8 Å². The van der Waals surface area contributed by atoms with E-state index in [0.29, 0.717) is 19.1 Å². The summed E-state index contributed by atoms with van der Waals surface area (Å²) in [5.74, 6) is 0.723. The first kappa shape index (κ1) is 16.4. The van der Waals surface area contributed by atoms with Crippen molar-refractivity contribution in [2.45, 2.75) is 53.1 Å². The molecule has 0 bridgehead atoms. The largest absolute Gasteiger partial charge is 0.380 e. The maximum atomic E-state index is 11.5. The predicted molar refractivity (Wildman–Crippen MR) is 71.0 cm³/mol. The standard InChI is InChI=1S/C13H28N2O2/c1-10(2)6-8-17-9-7-14-12(5)13(16)15-11(3)4/h10-12,14H,6-9H2,1-5H3,(H,15,16). The molecule has 0 heterocycles. The van der Waals surface area contributed by atoms with Crippen LogP contribution < -0.4 is 10.6 Å². The number of carbonyl (C=O) groups is 1. The van der Waals surface area contributed by atoms with Crippen LogP contribution in [0.25, 0.3) is 0 Å². The summed E-state index contributed by atoms with van der Waals surface area (Å²) in [6, 6.07) is 0.0279. The minimum Gasteiger partial charge on any atom is -0.380 e. The summed E-state index contributed by atoms with van der Waals surface area (Å²) in [6.45, 7) is 12.3. The summed E-state index contributed by atoms with van der Waals surface area (Å²) in [7, 11) is 0. The fraction of sp³-hybridized carbons (Fsp3) is 0.923. The Balaban J connectivity index is 3.44. The van der Waals surface area contributed by atoms with E-state index in [1.54, 1.807) is 0 Å². The molecule has 4 nitrogen and oxygen atoms in total. The van der Waals surface area contributed by atoms with Crippen molar-refractivity contribution < 1.29 is 9.53 Å². The molecule has 2 N–H and O–H groups in total. The number of hydrogen-bond acceptors (Lipinski definition) is 3. The molecular weight excluding hydrogens is 216 g/mol. The molecule has 1 unspecified atom stereocenters. The summed E-state index contributed by atoms with van der Waals surface area (Å²) < 4.78 is 5.46. The lowest BCUT2D eigenvalue weighted by atomic mass is 10.1. The smallest absolute Gasteiger partial charge is 0.237 e. The predicted octanol–water partition coefficient (Wildman–Crippen LogP) is 1.55. The first-order valence-electron chi connectivity index (χ1n) is 6.55. The van der Waals surface area contributed by atoms with Gasteiger partial charge in [-0.3, -0.25) is 4.79 Å². The first-order chi connectivity index (χ1) is 7.93. The van der Waals surface area contributed by atoms with Crippen LogP contribution in [0.4, 0.5) is 0 Å². The number of hydrogen-bond donors (Lipinski definition) is 2. The SMILES string of the molecule is CC(C)CCOCCNC(C)C(=O)NC(C)C. The lowest BCUT2D eigenvalue weighted by molar-refractivity contribution is -0.123. The molecule has 17 heavy (non-hydrogen) atoms. The molecule has 0 aliphatic rings. The molecule has 0 aromatic rings. The van der Waals surface area contributed by atoms with Gasteiger partial charge >= 0.3 is 0 Å². The van der Waals surface area contributed by atoms with Crippen LogP contribution in [0.3, 0.4) is 0 Å². The molecule has 0 aliphatic carbocycles. The average Bonchev–Trinajstić information content (AvgIpc) is 2.21. The maximum absolute atomic E-state index is 11.5. The van der Waals surface area contributed by atoms with Gasteiger partial charge in [0, 0.05) is 19.2 Å². The molecule has 0 spiro atoms. The molecule has 1 atom stereocenters. The first-order valence-corrected chi connectivity index (χ1v) is 6.55. The molecule has 0 saturated carbocycles. The number of ether oxygens (including phenoxy) is 1. The van der Waals surface area contributed by atoms with Crippen LogP contribution in [0.1, 0.15) is 41.0 Å². The minimum absolute atomic E-state index is 0.0437. The van der Waals surface area contributed by atoms with Crippen LogP contribution >= 0.6 is 0 Å². The lowest BCUT2D eigenvalue weighted by Gasteiger charge is -2.16. The minimum atomic E-state index is -0.161. The molecule has 0 radical (unpaired) electrons. The Morgan fingerprint density at radius 2 is 1.76 bits per heavy atom. The number of rotatable bonds is 9. The number of amides is 1. The fourth-order valence-corrected chi connectivity index (χ4v) is 1.27. The van der Waals surface area contributed by atoms with Crippen LogP contribution in [0, 0.1) is 5.92 Å². The van der Waals surface area contributed by atoms with Crippen molar-refractivity contribution in [1.29, 1.82) is 0 Å². The van der Waals surface area contributed by atoms with Crippen molar-refractivity contribution in [3.8, 4) is 0 Å². The van der Waals surface area contributed by atoms with Gasteiger partial charge in [0.1, 0.15) is 0 Å². The van der Waals surface area contributed by atoms with Crippen molar-refractivity contribution in [1.82, 2.24) is 10.6 Å². The average molecular weight is 244 g/mol. The zero-order valence-electron chi connectivity index (χ0n) is 11.9. The van der Waals surface area contributed by atoms with E-state index in [2.05, 4.69) is 24.5 Å². The van der Waals surface area contributed by atoms with Crippen molar-refractivity contribution >= 4 is 5.91 Å². The van der Waals surface area contributed by atoms with E-state index in [0.717, 1.165) is 13.0 Å². The third-order valence-electron chi connectivity index (χ3n) is 2.36. The summed E-state index contributed by atoms with van der Waals surface area (Å²) in [6.07, 6.45) is 1.09. The van der Waals surface area contributed by atoms with Gasteiger partial charge in [-0.15, -0.1) is 0 Å². The molecule has 0 rings (SSSR count). The van der Waals surface area contributed by atoms with E-state index >= 15 is 0 Å². The van der Waals surface area contributed by atoms with E-state index in [1.807, 2.05) is 20.8 Å².